The molecule has 3 aromatic rings. The fraction of sp³-hybridized carbons (Fsp3) is 0.0769. The van der Waals surface area contributed by atoms with Crippen LogP contribution in [0.15, 0.2) is 42.9 Å². The van der Waals surface area contributed by atoms with Crippen molar-refractivity contribution >= 4 is 17.2 Å². The molecule has 0 atom stereocenters. The first-order valence-corrected chi connectivity index (χ1v) is 5.68. The van der Waals surface area contributed by atoms with Crippen molar-refractivity contribution in [2.45, 2.75) is 6.92 Å². The normalized spacial score (nSPS) is 10.9. The first-order chi connectivity index (χ1) is 8.25. The summed E-state index contributed by atoms with van der Waals surface area (Å²) >= 11 is 5.96. The fourth-order valence-corrected chi connectivity index (χ4v) is 2.14. The SMILES string of the molecule is Cc1nc2cc(Cl)ccn2c1-c1cccnc1. The van der Waals surface area contributed by atoms with Gasteiger partial charge in [0.15, 0.2) is 0 Å². The van der Waals surface area contributed by atoms with Gasteiger partial charge in [-0.2, -0.15) is 0 Å². The number of fused-ring (bicyclic) bond motifs is 1. The molecule has 0 saturated heterocycles. The lowest BCUT2D eigenvalue weighted by molar-refractivity contribution is 1.18. The monoisotopic (exact) mass is 243 g/mol. The number of imidazole rings is 1. The van der Waals surface area contributed by atoms with E-state index in [-0.39, 0.29) is 0 Å². The Morgan fingerprint density at radius 3 is 2.94 bits per heavy atom. The van der Waals surface area contributed by atoms with Gasteiger partial charge in [0.05, 0.1) is 11.4 Å². The Morgan fingerprint density at radius 1 is 1.29 bits per heavy atom. The minimum absolute atomic E-state index is 0.695. The Balaban J connectivity index is 2.33. The van der Waals surface area contributed by atoms with Gasteiger partial charge in [-0.3, -0.25) is 9.38 Å². The molecule has 17 heavy (non-hydrogen) atoms. The average Bonchev–Trinajstić information content (AvgIpc) is 2.65. The molecule has 0 aliphatic rings. The second-order valence-corrected chi connectivity index (χ2v) is 4.30. The van der Waals surface area contributed by atoms with Gasteiger partial charge in [0.1, 0.15) is 5.65 Å². The van der Waals surface area contributed by atoms with Crippen molar-refractivity contribution in [1.29, 1.82) is 0 Å². The molecule has 0 spiro atoms. The van der Waals surface area contributed by atoms with Crippen LogP contribution in [0.3, 0.4) is 0 Å². The number of hydrogen-bond donors (Lipinski definition) is 0. The number of halogens is 1. The Kier molecular flexibility index (Phi) is 2.34. The predicted molar refractivity (Wildman–Crippen MR) is 68.2 cm³/mol. The molecule has 0 fully saturated rings. The highest BCUT2D eigenvalue weighted by Crippen LogP contribution is 2.25. The van der Waals surface area contributed by atoms with Crippen molar-refractivity contribution in [3.05, 3.63) is 53.6 Å². The Bertz CT molecular complexity index is 674. The van der Waals surface area contributed by atoms with Crippen LogP contribution in [0.25, 0.3) is 16.9 Å². The van der Waals surface area contributed by atoms with Crippen molar-refractivity contribution in [3.63, 3.8) is 0 Å². The molecule has 84 valence electrons. The van der Waals surface area contributed by atoms with Crippen LogP contribution in [0.2, 0.25) is 5.02 Å². The quantitative estimate of drug-likeness (QED) is 0.656. The van der Waals surface area contributed by atoms with E-state index in [9.17, 15) is 0 Å². The summed E-state index contributed by atoms with van der Waals surface area (Å²) in [7, 11) is 0. The van der Waals surface area contributed by atoms with Crippen LogP contribution in [0.4, 0.5) is 0 Å². The van der Waals surface area contributed by atoms with E-state index in [0.29, 0.717) is 5.02 Å². The summed E-state index contributed by atoms with van der Waals surface area (Å²) in [6, 6.07) is 7.66. The van der Waals surface area contributed by atoms with Crippen molar-refractivity contribution in [2.75, 3.05) is 0 Å². The van der Waals surface area contributed by atoms with Gasteiger partial charge in [-0.05, 0) is 25.1 Å². The van der Waals surface area contributed by atoms with Gasteiger partial charge in [0, 0.05) is 35.2 Å². The van der Waals surface area contributed by atoms with Gasteiger partial charge in [0.25, 0.3) is 0 Å². The van der Waals surface area contributed by atoms with E-state index < -0.39 is 0 Å². The van der Waals surface area contributed by atoms with E-state index in [1.54, 1.807) is 6.20 Å². The minimum Gasteiger partial charge on any atom is -0.299 e. The molecule has 3 aromatic heterocycles. The van der Waals surface area contributed by atoms with Crippen molar-refractivity contribution in [3.8, 4) is 11.3 Å². The smallest absolute Gasteiger partial charge is 0.138 e. The minimum atomic E-state index is 0.695. The number of hydrogen-bond acceptors (Lipinski definition) is 2. The molecule has 0 unspecified atom stereocenters. The van der Waals surface area contributed by atoms with Crippen LogP contribution in [-0.4, -0.2) is 14.4 Å². The Morgan fingerprint density at radius 2 is 2.18 bits per heavy atom. The second-order valence-electron chi connectivity index (χ2n) is 3.86. The van der Waals surface area contributed by atoms with E-state index in [2.05, 4.69) is 9.97 Å². The van der Waals surface area contributed by atoms with E-state index >= 15 is 0 Å². The molecular weight excluding hydrogens is 234 g/mol. The summed E-state index contributed by atoms with van der Waals surface area (Å²) in [5, 5.41) is 0.695. The molecule has 0 saturated carbocycles. The molecule has 4 heteroatoms. The lowest BCUT2D eigenvalue weighted by atomic mass is 10.2. The highest BCUT2D eigenvalue weighted by atomic mass is 35.5. The zero-order valence-electron chi connectivity index (χ0n) is 9.26. The summed E-state index contributed by atoms with van der Waals surface area (Å²) in [5.41, 5.74) is 3.94. The fourth-order valence-electron chi connectivity index (χ4n) is 1.99. The van der Waals surface area contributed by atoms with Crippen LogP contribution >= 0.6 is 11.6 Å². The third kappa shape index (κ3) is 1.68. The van der Waals surface area contributed by atoms with E-state index in [4.69, 9.17) is 11.6 Å². The molecule has 0 aromatic carbocycles. The highest BCUT2D eigenvalue weighted by molar-refractivity contribution is 6.30. The van der Waals surface area contributed by atoms with Crippen molar-refractivity contribution < 1.29 is 0 Å². The van der Waals surface area contributed by atoms with Gasteiger partial charge in [-0.15, -0.1) is 0 Å². The van der Waals surface area contributed by atoms with Crippen LogP contribution < -0.4 is 0 Å². The zero-order chi connectivity index (χ0) is 11.8. The number of pyridine rings is 2. The van der Waals surface area contributed by atoms with Gasteiger partial charge in [-0.1, -0.05) is 11.6 Å². The van der Waals surface area contributed by atoms with Crippen molar-refractivity contribution in [1.82, 2.24) is 14.4 Å². The van der Waals surface area contributed by atoms with Crippen LogP contribution in [0.1, 0.15) is 5.69 Å². The number of aryl methyl sites for hydroxylation is 1. The standard InChI is InChI=1S/C13H10ClN3/c1-9-13(10-3-2-5-15-8-10)17-6-4-11(14)7-12(17)16-9/h2-8H,1H3. The van der Waals surface area contributed by atoms with Crippen LogP contribution in [-0.2, 0) is 0 Å². The van der Waals surface area contributed by atoms with Crippen molar-refractivity contribution in [2.24, 2.45) is 0 Å². The summed E-state index contributed by atoms with van der Waals surface area (Å²) < 4.78 is 2.03. The molecule has 0 bridgehead atoms. The highest BCUT2D eigenvalue weighted by Gasteiger charge is 2.10. The maximum absolute atomic E-state index is 5.96. The Labute approximate surface area is 104 Å². The van der Waals surface area contributed by atoms with Gasteiger partial charge >= 0.3 is 0 Å². The van der Waals surface area contributed by atoms with Crippen LogP contribution in [0, 0.1) is 6.92 Å². The molecule has 0 aliphatic carbocycles. The maximum atomic E-state index is 5.96. The zero-order valence-corrected chi connectivity index (χ0v) is 10.0. The first kappa shape index (κ1) is 10.3. The third-order valence-electron chi connectivity index (χ3n) is 2.70. The number of aromatic nitrogens is 3. The van der Waals surface area contributed by atoms with Gasteiger partial charge < -0.3 is 0 Å². The molecule has 0 aliphatic heterocycles. The summed E-state index contributed by atoms with van der Waals surface area (Å²) in [5.74, 6) is 0. The van der Waals surface area contributed by atoms with E-state index in [0.717, 1.165) is 22.6 Å². The van der Waals surface area contributed by atoms with E-state index in [1.807, 2.05) is 48.0 Å². The summed E-state index contributed by atoms with van der Waals surface area (Å²) in [6.07, 6.45) is 5.53. The van der Waals surface area contributed by atoms with Gasteiger partial charge in [0.2, 0.25) is 0 Å². The molecular formula is C13H10ClN3. The molecule has 0 radical (unpaired) electrons. The van der Waals surface area contributed by atoms with Gasteiger partial charge in [-0.25, -0.2) is 4.98 Å². The summed E-state index contributed by atoms with van der Waals surface area (Å²) in [6.45, 7) is 1.99. The first-order valence-electron chi connectivity index (χ1n) is 5.30. The average molecular weight is 244 g/mol. The lowest BCUT2D eigenvalue weighted by Gasteiger charge is -2.02. The largest absolute Gasteiger partial charge is 0.299 e. The molecule has 0 amide bonds. The third-order valence-corrected chi connectivity index (χ3v) is 2.93. The predicted octanol–water partition coefficient (Wildman–Crippen LogP) is 3.36. The van der Waals surface area contributed by atoms with E-state index in [1.165, 1.54) is 0 Å². The molecule has 3 heterocycles. The topological polar surface area (TPSA) is 30.2 Å². The second kappa shape index (κ2) is 3.86. The molecule has 0 N–H and O–H groups in total. The molecule has 3 rings (SSSR count). The number of rotatable bonds is 1. The Hall–Kier alpha value is -1.87. The number of nitrogens with zero attached hydrogens (tertiary/aromatic N) is 3. The van der Waals surface area contributed by atoms with Crippen LogP contribution in [0.5, 0.6) is 0 Å². The maximum Gasteiger partial charge on any atom is 0.138 e. The molecule has 3 nitrogen and oxygen atoms in total. The lowest BCUT2D eigenvalue weighted by Crippen LogP contribution is -1.89. The summed E-state index contributed by atoms with van der Waals surface area (Å²) in [4.78, 5) is 8.64.